The van der Waals surface area contributed by atoms with Crippen LogP contribution in [0.2, 0.25) is 5.02 Å². The van der Waals surface area contributed by atoms with Crippen LogP contribution < -0.4 is 14.4 Å². The number of methoxy groups -OCH3 is 2. The summed E-state index contributed by atoms with van der Waals surface area (Å²) in [5.41, 5.74) is 1.42. The number of hydrogen-bond acceptors (Lipinski definition) is 5. The van der Waals surface area contributed by atoms with Crippen LogP contribution in [0.25, 0.3) is 6.08 Å². The molecule has 0 bridgehead atoms. The Morgan fingerprint density at radius 2 is 1.81 bits per heavy atom. The summed E-state index contributed by atoms with van der Waals surface area (Å²) in [5, 5.41) is 0.512. The van der Waals surface area contributed by atoms with Gasteiger partial charge in [-0.2, -0.15) is 0 Å². The summed E-state index contributed by atoms with van der Waals surface area (Å²) >= 11 is 16.1. The molecular weight excluding hydrogens is 458 g/mol. The molecule has 1 amide bonds. The highest BCUT2D eigenvalue weighted by atomic mass is 79.9. The van der Waals surface area contributed by atoms with E-state index in [1.54, 1.807) is 44.6 Å². The summed E-state index contributed by atoms with van der Waals surface area (Å²) in [6, 6.07) is 10.7. The molecule has 0 aromatic heterocycles. The number of thioether (sulfide) groups is 1. The second-order valence-electron chi connectivity index (χ2n) is 5.26. The Kier molecular flexibility index (Phi) is 5.92. The van der Waals surface area contributed by atoms with Crippen molar-refractivity contribution in [3.05, 3.63) is 56.4 Å². The molecule has 0 N–H and O–H groups in total. The minimum Gasteiger partial charge on any atom is -0.497 e. The highest BCUT2D eigenvalue weighted by molar-refractivity contribution is 9.10. The maximum atomic E-state index is 12.9. The van der Waals surface area contributed by atoms with Gasteiger partial charge in [-0.25, -0.2) is 0 Å². The molecule has 0 saturated carbocycles. The molecule has 1 saturated heterocycles. The summed E-state index contributed by atoms with van der Waals surface area (Å²) in [4.78, 5) is 14.8. The maximum Gasteiger partial charge on any atom is 0.270 e. The lowest BCUT2D eigenvalue weighted by Gasteiger charge is -2.15. The molecule has 1 heterocycles. The molecular formula is C18H13BrClNO3S2. The largest absolute Gasteiger partial charge is 0.497 e. The molecule has 3 rings (SSSR count). The van der Waals surface area contributed by atoms with Crippen molar-refractivity contribution in [2.75, 3.05) is 19.1 Å². The summed E-state index contributed by atoms with van der Waals surface area (Å²) < 4.78 is 11.7. The van der Waals surface area contributed by atoms with Gasteiger partial charge in [0.1, 0.15) is 11.5 Å². The van der Waals surface area contributed by atoms with Crippen LogP contribution in [0.5, 0.6) is 11.5 Å². The quantitative estimate of drug-likeness (QED) is 0.434. The van der Waals surface area contributed by atoms with Crippen molar-refractivity contribution < 1.29 is 14.3 Å². The SMILES string of the molecule is COc1cc(/C=C2/SC(=S)N(c3ccc(Br)c(Cl)c3)C2=O)cc(OC)c1. The van der Waals surface area contributed by atoms with E-state index in [2.05, 4.69) is 15.9 Å². The number of nitrogens with zero attached hydrogens (tertiary/aromatic N) is 1. The Hall–Kier alpha value is -1.54. The fourth-order valence-corrected chi connectivity index (χ4v) is 4.10. The predicted molar refractivity (Wildman–Crippen MR) is 114 cm³/mol. The summed E-state index contributed by atoms with van der Waals surface area (Å²) in [6.45, 7) is 0. The highest BCUT2D eigenvalue weighted by Gasteiger charge is 2.33. The van der Waals surface area contributed by atoms with Crippen LogP contribution in [0.4, 0.5) is 5.69 Å². The van der Waals surface area contributed by atoms with E-state index in [4.69, 9.17) is 33.3 Å². The minimum atomic E-state index is -0.194. The lowest BCUT2D eigenvalue weighted by atomic mass is 10.2. The summed E-state index contributed by atoms with van der Waals surface area (Å²) in [7, 11) is 3.16. The number of amides is 1. The van der Waals surface area contributed by atoms with Crippen LogP contribution >= 0.6 is 51.5 Å². The molecule has 8 heteroatoms. The Bertz CT molecular complexity index is 910. The lowest BCUT2D eigenvalue weighted by molar-refractivity contribution is -0.113. The molecule has 0 atom stereocenters. The lowest BCUT2D eigenvalue weighted by Crippen LogP contribution is -2.27. The van der Waals surface area contributed by atoms with E-state index in [1.165, 1.54) is 16.7 Å². The van der Waals surface area contributed by atoms with Crippen molar-refractivity contribution in [3.63, 3.8) is 0 Å². The molecule has 0 unspecified atom stereocenters. The first-order valence-corrected chi connectivity index (χ1v) is 9.78. The Morgan fingerprint density at radius 1 is 1.15 bits per heavy atom. The van der Waals surface area contributed by atoms with Gasteiger partial charge in [-0.3, -0.25) is 9.69 Å². The standard InChI is InChI=1S/C18H13BrClNO3S2/c1-23-12-5-10(6-13(9-12)24-2)7-16-17(22)21(18(25)26-16)11-3-4-14(19)15(20)8-11/h3-9H,1-2H3/b16-7+. The molecule has 1 fully saturated rings. The monoisotopic (exact) mass is 469 g/mol. The molecule has 1 aliphatic heterocycles. The maximum absolute atomic E-state index is 12.9. The van der Waals surface area contributed by atoms with Crippen LogP contribution in [-0.4, -0.2) is 24.4 Å². The van der Waals surface area contributed by atoms with Gasteiger partial charge >= 0.3 is 0 Å². The summed E-state index contributed by atoms with van der Waals surface area (Å²) in [6.07, 6.45) is 1.77. The van der Waals surface area contributed by atoms with Gasteiger partial charge in [0, 0.05) is 10.5 Å². The van der Waals surface area contributed by atoms with Gasteiger partial charge in [0.15, 0.2) is 4.32 Å². The summed E-state index contributed by atoms with van der Waals surface area (Å²) in [5.74, 6) is 1.09. The first-order valence-electron chi connectivity index (χ1n) is 7.39. The van der Waals surface area contributed by atoms with Gasteiger partial charge in [0.05, 0.1) is 29.8 Å². The van der Waals surface area contributed by atoms with Crippen molar-refractivity contribution in [1.29, 1.82) is 0 Å². The van der Waals surface area contributed by atoms with E-state index in [1.807, 2.05) is 12.1 Å². The fourth-order valence-electron chi connectivity index (χ4n) is 2.38. The smallest absolute Gasteiger partial charge is 0.270 e. The molecule has 2 aromatic rings. The van der Waals surface area contributed by atoms with Gasteiger partial charge < -0.3 is 9.47 Å². The number of hydrogen-bond donors (Lipinski definition) is 0. The van der Waals surface area contributed by atoms with Crippen LogP contribution in [0.1, 0.15) is 5.56 Å². The van der Waals surface area contributed by atoms with Crippen molar-refractivity contribution in [3.8, 4) is 11.5 Å². The Labute approximate surface area is 174 Å². The third-order valence-corrected chi connectivity index (χ3v) is 6.16. The Morgan fingerprint density at radius 3 is 2.38 bits per heavy atom. The average molecular weight is 471 g/mol. The zero-order valence-corrected chi connectivity index (χ0v) is 17.8. The number of carbonyl (C=O) groups is 1. The third-order valence-electron chi connectivity index (χ3n) is 3.63. The van der Waals surface area contributed by atoms with Crippen molar-refractivity contribution in [2.45, 2.75) is 0 Å². The van der Waals surface area contributed by atoms with E-state index >= 15 is 0 Å². The van der Waals surface area contributed by atoms with E-state index in [0.717, 1.165) is 10.0 Å². The second-order valence-corrected chi connectivity index (χ2v) is 8.20. The van der Waals surface area contributed by atoms with Gasteiger partial charge in [-0.05, 0) is 57.9 Å². The van der Waals surface area contributed by atoms with Crippen LogP contribution in [-0.2, 0) is 4.79 Å². The number of ether oxygens (including phenoxy) is 2. The fraction of sp³-hybridized carbons (Fsp3) is 0.111. The topological polar surface area (TPSA) is 38.8 Å². The molecule has 0 radical (unpaired) electrons. The number of thiocarbonyl (C=S) groups is 1. The number of carbonyl (C=O) groups excluding carboxylic acids is 1. The second kappa shape index (κ2) is 8.00. The molecule has 2 aromatic carbocycles. The van der Waals surface area contributed by atoms with Crippen molar-refractivity contribution >= 4 is 73.5 Å². The molecule has 26 heavy (non-hydrogen) atoms. The zero-order valence-electron chi connectivity index (χ0n) is 13.8. The molecule has 1 aliphatic rings. The predicted octanol–water partition coefficient (Wildman–Crippen LogP) is 5.53. The van der Waals surface area contributed by atoms with Crippen LogP contribution in [0, 0.1) is 0 Å². The molecule has 4 nitrogen and oxygen atoms in total. The first-order chi connectivity index (χ1) is 12.4. The number of halogens is 2. The van der Waals surface area contributed by atoms with E-state index in [9.17, 15) is 4.79 Å². The van der Waals surface area contributed by atoms with E-state index in [0.29, 0.717) is 31.4 Å². The third kappa shape index (κ3) is 3.91. The van der Waals surface area contributed by atoms with Gasteiger partial charge in [-0.1, -0.05) is 35.6 Å². The molecule has 0 spiro atoms. The van der Waals surface area contributed by atoms with Gasteiger partial charge in [0.25, 0.3) is 5.91 Å². The average Bonchev–Trinajstić information content (AvgIpc) is 2.90. The molecule has 134 valence electrons. The van der Waals surface area contributed by atoms with Crippen LogP contribution in [0.15, 0.2) is 45.8 Å². The first kappa shape index (κ1) is 19.2. The van der Waals surface area contributed by atoms with Crippen molar-refractivity contribution in [2.24, 2.45) is 0 Å². The Balaban J connectivity index is 1.96. The van der Waals surface area contributed by atoms with E-state index < -0.39 is 0 Å². The normalized spacial score (nSPS) is 15.7. The minimum absolute atomic E-state index is 0.194. The van der Waals surface area contributed by atoms with Crippen LogP contribution in [0.3, 0.4) is 0 Å². The molecule has 0 aliphatic carbocycles. The zero-order chi connectivity index (χ0) is 18.8. The van der Waals surface area contributed by atoms with E-state index in [-0.39, 0.29) is 5.91 Å². The number of benzene rings is 2. The highest BCUT2D eigenvalue weighted by Crippen LogP contribution is 2.38. The van der Waals surface area contributed by atoms with Gasteiger partial charge in [-0.15, -0.1) is 0 Å². The van der Waals surface area contributed by atoms with Gasteiger partial charge in [0.2, 0.25) is 0 Å². The van der Waals surface area contributed by atoms with Crippen molar-refractivity contribution in [1.82, 2.24) is 0 Å². The number of anilines is 1. The number of rotatable bonds is 4.